The van der Waals surface area contributed by atoms with E-state index in [0.29, 0.717) is 5.69 Å². The van der Waals surface area contributed by atoms with Crippen LogP contribution in [-0.4, -0.2) is 29.7 Å². The van der Waals surface area contributed by atoms with E-state index in [2.05, 4.69) is 37.9 Å². The molecular formula is C12H13IN4O3S. The van der Waals surface area contributed by atoms with E-state index in [1.807, 2.05) is 18.2 Å². The Morgan fingerprint density at radius 3 is 2.71 bits per heavy atom. The first kappa shape index (κ1) is 16.1. The molecule has 112 valence electrons. The van der Waals surface area contributed by atoms with Gasteiger partial charge in [-0.15, -0.1) is 0 Å². The number of hydrogen-bond donors (Lipinski definition) is 3. The highest BCUT2D eigenvalue weighted by Crippen LogP contribution is 2.23. The number of benzene rings is 1. The van der Waals surface area contributed by atoms with E-state index in [1.165, 1.54) is 6.20 Å². The van der Waals surface area contributed by atoms with E-state index in [1.54, 1.807) is 6.07 Å². The van der Waals surface area contributed by atoms with Crippen LogP contribution in [0.25, 0.3) is 0 Å². The minimum atomic E-state index is -3.55. The van der Waals surface area contributed by atoms with Gasteiger partial charge in [-0.2, -0.15) is 0 Å². The van der Waals surface area contributed by atoms with Crippen molar-refractivity contribution < 1.29 is 13.5 Å². The molecule has 7 nitrogen and oxygen atoms in total. The normalized spacial score (nSPS) is 13.0. The summed E-state index contributed by atoms with van der Waals surface area (Å²) in [4.78, 5) is 7.65. The van der Waals surface area contributed by atoms with Crippen LogP contribution in [0.1, 0.15) is 11.8 Å². The Morgan fingerprint density at radius 1 is 1.43 bits per heavy atom. The predicted octanol–water partition coefficient (Wildman–Crippen LogP) is 1.18. The summed E-state index contributed by atoms with van der Waals surface area (Å²) >= 11 is 2.15. The lowest BCUT2D eigenvalue weighted by molar-refractivity contribution is 0.186. The smallest absolute Gasteiger partial charge is 0.248 e. The summed E-state index contributed by atoms with van der Waals surface area (Å²) in [5.74, 6) is 0.155. The zero-order chi connectivity index (χ0) is 15.6. The molecule has 0 amide bonds. The van der Waals surface area contributed by atoms with Gasteiger partial charge in [-0.25, -0.2) is 18.4 Å². The molecule has 0 saturated carbocycles. The van der Waals surface area contributed by atoms with Crippen molar-refractivity contribution in [2.45, 2.75) is 11.4 Å². The number of halogens is 1. The number of nitrogens with one attached hydrogen (secondary N) is 1. The molecule has 1 heterocycles. The Morgan fingerprint density at radius 2 is 2.14 bits per heavy atom. The second-order valence-electron chi connectivity index (χ2n) is 4.31. The van der Waals surface area contributed by atoms with Crippen LogP contribution in [0.5, 0.6) is 0 Å². The van der Waals surface area contributed by atoms with Gasteiger partial charge in [0.05, 0.1) is 5.56 Å². The van der Waals surface area contributed by atoms with Gasteiger partial charge in [-0.05, 0) is 40.8 Å². The number of aliphatic hydroxyl groups is 1. The maximum Gasteiger partial charge on any atom is 0.248 e. The first-order valence-corrected chi connectivity index (χ1v) is 8.77. The molecule has 1 aromatic carbocycles. The van der Waals surface area contributed by atoms with Gasteiger partial charge in [0.2, 0.25) is 15.0 Å². The summed E-state index contributed by atoms with van der Waals surface area (Å²) in [7, 11) is -3.55. The van der Waals surface area contributed by atoms with Crippen molar-refractivity contribution in [1.82, 2.24) is 9.97 Å². The summed E-state index contributed by atoms with van der Waals surface area (Å²) < 4.78 is 24.0. The lowest BCUT2D eigenvalue weighted by atomic mass is 10.2. The molecule has 0 aliphatic carbocycles. The van der Waals surface area contributed by atoms with Crippen LogP contribution in [-0.2, 0) is 9.84 Å². The van der Waals surface area contributed by atoms with Crippen LogP contribution in [0.2, 0.25) is 0 Å². The van der Waals surface area contributed by atoms with Crippen molar-refractivity contribution in [2.75, 3.05) is 11.6 Å². The summed E-state index contributed by atoms with van der Waals surface area (Å²) in [6.07, 6.45) is 0.893. The highest BCUT2D eigenvalue weighted by atomic mass is 127. The van der Waals surface area contributed by atoms with Gasteiger partial charge in [0.15, 0.2) is 0 Å². The third-order valence-corrected chi connectivity index (χ3v) is 4.06. The van der Waals surface area contributed by atoms with Gasteiger partial charge in [-0.3, -0.25) is 0 Å². The number of anilines is 2. The monoisotopic (exact) mass is 420 g/mol. The topological polar surface area (TPSA) is 118 Å². The molecule has 2 aromatic rings. The highest BCUT2D eigenvalue weighted by molar-refractivity contribution is 14.1. The average molecular weight is 420 g/mol. The van der Waals surface area contributed by atoms with Crippen LogP contribution in [0.15, 0.2) is 35.6 Å². The Labute approximate surface area is 135 Å². The summed E-state index contributed by atoms with van der Waals surface area (Å²) in [6.45, 7) is 0. The van der Waals surface area contributed by atoms with Gasteiger partial charge in [0.1, 0.15) is 12.0 Å². The number of rotatable bonds is 4. The molecule has 0 radical (unpaired) electrons. The molecule has 1 atom stereocenters. The second-order valence-corrected chi connectivity index (χ2v) is 7.46. The van der Waals surface area contributed by atoms with E-state index in [9.17, 15) is 13.5 Å². The van der Waals surface area contributed by atoms with Crippen molar-refractivity contribution in [3.63, 3.8) is 0 Å². The molecule has 0 bridgehead atoms. The van der Waals surface area contributed by atoms with Gasteiger partial charge in [-0.1, -0.05) is 6.07 Å². The second kappa shape index (κ2) is 6.22. The number of aromatic nitrogens is 2. The van der Waals surface area contributed by atoms with E-state index >= 15 is 0 Å². The molecule has 9 heteroatoms. The largest absolute Gasteiger partial charge is 0.374 e. The lowest BCUT2D eigenvalue weighted by Crippen LogP contribution is -2.15. The maximum absolute atomic E-state index is 11.5. The fourth-order valence-corrected chi connectivity index (χ4v) is 2.62. The van der Waals surface area contributed by atoms with Crippen LogP contribution in [0.4, 0.5) is 11.5 Å². The number of hydrogen-bond acceptors (Lipinski definition) is 7. The summed E-state index contributed by atoms with van der Waals surface area (Å²) in [5.41, 5.74) is 6.35. The zero-order valence-electron chi connectivity index (χ0n) is 11.0. The molecule has 0 fully saturated rings. The zero-order valence-corrected chi connectivity index (χ0v) is 14.0. The number of nitrogens with zero attached hydrogens (tertiary/aromatic N) is 2. The van der Waals surface area contributed by atoms with Crippen LogP contribution in [0, 0.1) is 3.57 Å². The van der Waals surface area contributed by atoms with Crippen LogP contribution < -0.4 is 11.1 Å². The van der Waals surface area contributed by atoms with Gasteiger partial charge < -0.3 is 16.2 Å². The van der Waals surface area contributed by atoms with Crippen molar-refractivity contribution in [2.24, 2.45) is 5.73 Å². The number of nitrogens with two attached hydrogens (primary N) is 1. The SMILES string of the molecule is CS(=O)(=O)c1ncc(C(N)O)c(Nc2cccc(I)c2)n1. The molecule has 0 aliphatic rings. The van der Waals surface area contributed by atoms with Crippen LogP contribution in [0.3, 0.4) is 0 Å². The fourth-order valence-electron chi connectivity index (χ4n) is 1.57. The molecular weight excluding hydrogens is 407 g/mol. The van der Waals surface area contributed by atoms with E-state index in [4.69, 9.17) is 5.73 Å². The molecule has 0 saturated heterocycles. The molecule has 4 N–H and O–H groups in total. The standard InChI is InChI=1S/C12H13IN4O3S/c1-21(19,20)12-15-6-9(10(14)18)11(17-12)16-8-4-2-3-7(13)5-8/h2-6,10,18H,14H2,1H3,(H,15,16,17). The third kappa shape index (κ3) is 4.09. The van der Waals surface area contributed by atoms with E-state index in [-0.39, 0.29) is 16.5 Å². The van der Waals surface area contributed by atoms with Crippen molar-refractivity contribution in [3.8, 4) is 0 Å². The highest BCUT2D eigenvalue weighted by Gasteiger charge is 2.17. The quantitative estimate of drug-likeness (QED) is 0.386. The molecule has 2 rings (SSSR count). The van der Waals surface area contributed by atoms with Gasteiger partial charge in [0, 0.05) is 21.7 Å². The minimum Gasteiger partial charge on any atom is -0.374 e. The van der Waals surface area contributed by atoms with Gasteiger partial charge in [0.25, 0.3) is 0 Å². The summed E-state index contributed by atoms with van der Waals surface area (Å²) in [5, 5.41) is 12.2. The molecule has 0 aliphatic heterocycles. The van der Waals surface area contributed by atoms with Crippen molar-refractivity contribution in [3.05, 3.63) is 39.6 Å². The number of aliphatic hydroxyl groups excluding tert-OH is 1. The third-order valence-electron chi connectivity index (χ3n) is 2.53. The Bertz CT molecular complexity index is 765. The molecule has 21 heavy (non-hydrogen) atoms. The first-order chi connectivity index (χ1) is 9.77. The molecule has 1 unspecified atom stereocenters. The maximum atomic E-state index is 11.5. The molecule has 1 aromatic heterocycles. The Kier molecular flexibility index (Phi) is 4.76. The van der Waals surface area contributed by atoms with E-state index < -0.39 is 16.1 Å². The number of sulfone groups is 1. The van der Waals surface area contributed by atoms with Crippen LogP contribution >= 0.6 is 22.6 Å². The fraction of sp³-hybridized carbons (Fsp3) is 0.167. The Balaban J connectivity index is 2.49. The summed E-state index contributed by atoms with van der Waals surface area (Å²) in [6, 6.07) is 7.38. The van der Waals surface area contributed by atoms with Crippen molar-refractivity contribution >= 4 is 43.9 Å². The molecule has 0 spiro atoms. The lowest BCUT2D eigenvalue weighted by Gasteiger charge is -2.13. The Hall–Kier alpha value is -1.30. The average Bonchev–Trinajstić information content (AvgIpc) is 2.37. The van der Waals surface area contributed by atoms with E-state index in [0.717, 1.165) is 9.83 Å². The van der Waals surface area contributed by atoms with Gasteiger partial charge >= 0.3 is 0 Å². The first-order valence-electron chi connectivity index (χ1n) is 5.80. The minimum absolute atomic E-state index is 0.155. The predicted molar refractivity (Wildman–Crippen MR) is 86.7 cm³/mol. The van der Waals surface area contributed by atoms with Crippen molar-refractivity contribution in [1.29, 1.82) is 0 Å².